The molecular formula is C36H47F2N5O5. The highest BCUT2D eigenvalue weighted by atomic mass is 19.1. The second kappa shape index (κ2) is 17.0. The summed E-state index contributed by atoms with van der Waals surface area (Å²) in [6.45, 7) is 6.48. The molecule has 0 saturated carbocycles. The van der Waals surface area contributed by atoms with Gasteiger partial charge in [0.1, 0.15) is 29.7 Å². The number of alkyl carbamates (subject to hydrolysis) is 1. The van der Waals surface area contributed by atoms with Crippen LogP contribution in [0.4, 0.5) is 13.6 Å². The van der Waals surface area contributed by atoms with Gasteiger partial charge in [-0.05, 0) is 55.9 Å². The summed E-state index contributed by atoms with van der Waals surface area (Å²) < 4.78 is 42.9. The largest absolute Gasteiger partial charge is 0.444 e. The van der Waals surface area contributed by atoms with E-state index in [9.17, 15) is 19.1 Å². The first-order valence-corrected chi connectivity index (χ1v) is 17.0. The minimum absolute atomic E-state index is 0.0144. The van der Waals surface area contributed by atoms with E-state index in [1.165, 1.54) is 6.92 Å². The molecule has 2 fully saturated rings. The number of imidazole rings is 1. The zero-order valence-electron chi connectivity index (χ0n) is 27.7. The Labute approximate surface area is 280 Å². The number of aliphatic hydroxyl groups is 1. The number of halogens is 2. The highest BCUT2D eigenvalue weighted by molar-refractivity contribution is 5.80. The summed E-state index contributed by atoms with van der Waals surface area (Å²) in [5.41, 5.74) is 1.21. The summed E-state index contributed by atoms with van der Waals surface area (Å²) in [7, 11) is 0. The van der Waals surface area contributed by atoms with Crippen LogP contribution in [0.25, 0.3) is 11.3 Å². The number of aromatic nitrogens is 2. The second-order valence-corrected chi connectivity index (χ2v) is 12.8. The molecule has 3 heterocycles. The lowest BCUT2D eigenvalue weighted by atomic mass is 9.88. The van der Waals surface area contributed by atoms with E-state index in [0.29, 0.717) is 58.1 Å². The van der Waals surface area contributed by atoms with Crippen LogP contribution in [0, 0.1) is 23.5 Å². The number of benzene rings is 2. The Bertz CT molecular complexity index is 1500. The van der Waals surface area contributed by atoms with E-state index in [0.717, 1.165) is 43.0 Å². The summed E-state index contributed by atoms with van der Waals surface area (Å²) in [6, 6.07) is 12.3. The number of carbonyl (C=O) groups excluding carboxylic acids is 2. The van der Waals surface area contributed by atoms with Crippen LogP contribution in [0.2, 0.25) is 0 Å². The average molecular weight is 668 g/mol. The van der Waals surface area contributed by atoms with E-state index in [1.807, 2.05) is 34.9 Å². The Morgan fingerprint density at radius 1 is 1.15 bits per heavy atom. The number of aliphatic hydroxyl groups excluding tert-OH is 1. The second-order valence-electron chi connectivity index (χ2n) is 12.8. The SMILES string of the molecule is CCCCCNC(=O)O[C@@H]1CNC[C@H]1CN(C(=O)[C@H](C)O)[C@@H](c1nc(-c2cc(F)ccc2F)cn1Cc1ccccc1)C1CCOCC1. The highest BCUT2D eigenvalue weighted by Gasteiger charge is 2.41. The molecule has 0 spiro atoms. The summed E-state index contributed by atoms with van der Waals surface area (Å²) in [6.07, 6.45) is 3.53. The van der Waals surface area contributed by atoms with Crippen molar-refractivity contribution in [2.75, 3.05) is 39.4 Å². The first-order chi connectivity index (χ1) is 23.2. The molecule has 2 aliphatic rings. The zero-order valence-corrected chi connectivity index (χ0v) is 27.7. The van der Waals surface area contributed by atoms with Crippen molar-refractivity contribution in [3.8, 4) is 11.3 Å². The van der Waals surface area contributed by atoms with Crippen LogP contribution in [0.15, 0.2) is 54.7 Å². The Kier molecular flexibility index (Phi) is 12.5. The van der Waals surface area contributed by atoms with E-state index >= 15 is 4.39 Å². The molecule has 3 aromatic rings. The van der Waals surface area contributed by atoms with Gasteiger partial charge in [0, 0.05) is 63.6 Å². The number of rotatable bonds is 14. The fourth-order valence-electron chi connectivity index (χ4n) is 6.64. The molecule has 2 amide bonds. The van der Waals surface area contributed by atoms with Gasteiger partial charge in [0.25, 0.3) is 5.91 Å². The van der Waals surface area contributed by atoms with Gasteiger partial charge in [-0.2, -0.15) is 0 Å². The fraction of sp³-hybridized carbons (Fsp3) is 0.528. The number of hydrogen-bond donors (Lipinski definition) is 3. The van der Waals surface area contributed by atoms with Crippen molar-refractivity contribution >= 4 is 12.0 Å². The molecule has 2 aliphatic heterocycles. The molecule has 1 aromatic heterocycles. The van der Waals surface area contributed by atoms with Crippen molar-refractivity contribution in [1.82, 2.24) is 25.1 Å². The van der Waals surface area contributed by atoms with Crippen molar-refractivity contribution < 1.29 is 33.0 Å². The third-order valence-electron chi connectivity index (χ3n) is 9.18. The van der Waals surface area contributed by atoms with Gasteiger partial charge >= 0.3 is 6.09 Å². The summed E-state index contributed by atoms with van der Waals surface area (Å²) in [5, 5.41) is 16.8. The summed E-state index contributed by atoms with van der Waals surface area (Å²) >= 11 is 0. The quantitative estimate of drug-likeness (QED) is 0.206. The zero-order chi connectivity index (χ0) is 34.0. The first-order valence-electron chi connectivity index (χ1n) is 17.0. The van der Waals surface area contributed by atoms with E-state index in [-0.39, 0.29) is 29.6 Å². The van der Waals surface area contributed by atoms with Crippen molar-refractivity contribution in [2.45, 2.75) is 70.7 Å². The van der Waals surface area contributed by atoms with E-state index in [4.69, 9.17) is 14.5 Å². The van der Waals surface area contributed by atoms with Crippen LogP contribution in [-0.4, -0.2) is 83.2 Å². The van der Waals surface area contributed by atoms with Gasteiger partial charge < -0.3 is 34.7 Å². The summed E-state index contributed by atoms with van der Waals surface area (Å²) in [5.74, 6) is -1.58. The first kappa shape index (κ1) is 35.4. The highest BCUT2D eigenvalue weighted by Crippen LogP contribution is 2.38. The van der Waals surface area contributed by atoms with Gasteiger partial charge in [0.05, 0.1) is 11.7 Å². The Morgan fingerprint density at radius 3 is 2.65 bits per heavy atom. The molecule has 2 aromatic carbocycles. The number of unbranched alkanes of at least 4 members (excludes halogenated alkanes) is 2. The lowest BCUT2D eigenvalue weighted by Crippen LogP contribution is -2.49. The lowest BCUT2D eigenvalue weighted by molar-refractivity contribution is -0.145. The molecular weight excluding hydrogens is 620 g/mol. The average Bonchev–Trinajstić information content (AvgIpc) is 3.70. The topological polar surface area (TPSA) is 118 Å². The molecule has 12 heteroatoms. The minimum atomic E-state index is -1.32. The van der Waals surface area contributed by atoms with E-state index < -0.39 is 41.9 Å². The number of carbonyl (C=O) groups is 2. The standard InChI is InChI=1S/C36H47F2N5O5/c1-3-4-8-15-40-36(46)48-32-20-39-19-27(32)22-43(35(45)24(2)44)33(26-13-16-47-17-14-26)34-41-31(29-18-28(37)11-12-30(29)38)23-42(34)21-25-9-6-5-7-10-25/h5-7,9-12,18,23-24,26-27,32-33,39,44H,3-4,8,13-17,19-22H2,1-2H3,(H,40,46)/t24-,27-,32+,33+/m0/s1. The van der Waals surface area contributed by atoms with Gasteiger partial charge in [-0.25, -0.2) is 18.6 Å². The smallest absolute Gasteiger partial charge is 0.407 e. The maximum atomic E-state index is 15.1. The van der Waals surface area contributed by atoms with Crippen LogP contribution in [-0.2, 0) is 20.8 Å². The number of nitrogens with zero attached hydrogens (tertiary/aromatic N) is 3. The maximum Gasteiger partial charge on any atom is 0.407 e. The van der Waals surface area contributed by atoms with Crippen LogP contribution in [0.1, 0.15) is 63.4 Å². The van der Waals surface area contributed by atoms with Crippen LogP contribution in [0.3, 0.4) is 0 Å². The van der Waals surface area contributed by atoms with Gasteiger partial charge in [-0.15, -0.1) is 0 Å². The molecule has 0 aliphatic carbocycles. The molecule has 3 N–H and O–H groups in total. The Hall–Kier alpha value is -3.87. The fourth-order valence-corrected chi connectivity index (χ4v) is 6.64. The molecule has 260 valence electrons. The lowest BCUT2D eigenvalue weighted by Gasteiger charge is -2.40. The summed E-state index contributed by atoms with van der Waals surface area (Å²) in [4.78, 5) is 33.3. The van der Waals surface area contributed by atoms with E-state index in [1.54, 1.807) is 11.1 Å². The van der Waals surface area contributed by atoms with Crippen LogP contribution >= 0.6 is 0 Å². The number of amides is 2. The molecule has 2 saturated heterocycles. The van der Waals surface area contributed by atoms with Gasteiger partial charge in [-0.3, -0.25) is 4.79 Å². The molecule has 5 rings (SSSR count). The van der Waals surface area contributed by atoms with Gasteiger partial charge in [-0.1, -0.05) is 50.1 Å². The van der Waals surface area contributed by atoms with Crippen molar-refractivity contribution in [3.05, 3.63) is 77.8 Å². The molecule has 48 heavy (non-hydrogen) atoms. The van der Waals surface area contributed by atoms with E-state index in [2.05, 4.69) is 17.6 Å². The third-order valence-corrected chi connectivity index (χ3v) is 9.18. The Balaban J connectivity index is 1.54. The molecule has 10 nitrogen and oxygen atoms in total. The third kappa shape index (κ3) is 8.97. The monoisotopic (exact) mass is 667 g/mol. The van der Waals surface area contributed by atoms with Crippen molar-refractivity contribution in [1.29, 1.82) is 0 Å². The predicted octanol–water partition coefficient (Wildman–Crippen LogP) is 5.06. The van der Waals surface area contributed by atoms with Gasteiger partial charge in [0.2, 0.25) is 0 Å². The predicted molar refractivity (Wildman–Crippen MR) is 177 cm³/mol. The molecule has 0 radical (unpaired) electrons. The number of ether oxygens (including phenoxy) is 2. The minimum Gasteiger partial charge on any atom is -0.444 e. The van der Waals surface area contributed by atoms with Crippen LogP contribution < -0.4 is 10.6 Å². The normalized spacial score (nSPS) is 19.5. The molecule has 4 atom stereocenters. The van der Waals surface area contributed by atoms with Gasteiger partial charge in [0.15, 0.2) is 0 Å². The maximum absolute atomic E-state index is 15.1. The van der Waals surface area contributed by atoms with Crippen molar-refractivity contribution in [2.24, 2.45) is 11.8 Å². The van der Waals surface area contributed by atoms with Crippen molar-refractivity contribution in [3.63, 3.8) is 0 Å². The number of nitrogens with one attached hydrogen (secondary N) is 2. The Morgan fingerprint density at radius 2 is 1.92 bits per heavy atom. The number of hydrogen-bond acceptors (Lipinski definition) is 7. The molecule has 0 bridgehead atoms. The molecule has 0 unspecified atom stereocenters. The van der Waals surface area contributed by atoms with Crippen LogP contribution in [0.5, 0.6) is 0 Å².